The van der Waals surface area contributed by atoms with Crippen molar-refractivity contribution >= 4 is 16.9 Å². The minimum Gasteiger partial charge on any atom is -0.357 e. The number of anilines is 1. The fraction of sp³-hybridized carbons (Fsp3) is 0.667. The second-order valence-electron chi connectivity index (χ2n) is 7.08. The van der Waals surface area contributed by atoms with E-state index < -0.39 is 0 Å². The summed E-state index contributed by atoms with van der Waals surface area (Å²) in [6.07, 6.45) is 6.43. The van der Waals surface area contributed by atoms with Gasteiger partial charge in [0.25, 0.3) is 0 Å². The van der Waals surface area contributed by atoms with Gasteiger partial charge >= 0.3 is 0 Å². The monoisotopic (exact) mass is 328 g/mol. The zero-order valence-electron chi connectivity index (χ0n) is 14.6. The molecule has 0 aliphatic carbocycles. The fourth-order valence-electron chi connectivity index (χ4n) is 3.87. The first-order valence-corrected chi connectivity index (χ1v) is 9.33. The highest BCUT2D eigenvalue weighted by Gasteiger charge is 2.17. The second-order valence-corrected chi connectivity index (χ2v) is 7.08. The van der Waals surface area contributed by atoms with Crippen LogP contribution in [-0.4, -0.2) is 47.0 Å². The van der Waals surface area contributed by atoms with Crippen LogP contribution in [0, 0.1) is 0 Å². The van der Waals surface area contributed by atoms with Gasteiger partial charge in [0.2, 0.25) is 0 Å². The summed E-state index contributed by atoms with van der Waals surface area (Å²) < 4.78 is 1.93. The molecule has 0 radical (unpaired) electrons. The first-order chi connectivity index (χ1) is 11.8. The third kappa shape index (κ3) is 3.26. The Hall–Kier alpha value is -1.66. The molecule has 130 valence electrons. The molecular formula is C18H28N6. The van der Waals surface area contributed by atoms with Gasteiger partial charge in [-0.15, -0.1) is 0 Å². The summed E-state index contributed by atoms with van der Waals surface area (Å²) in [5.74, 6) is 1.10. The van der Waals surface area contributed by atoms with E-state index in [4.69, 9.17) is 10.1 Å². The molecular weight excluding hydrogens is 300 g/mol. The lowest BCUT2D eigenvalue weighted by molar-refractivity contribution is 0.539. The van der Waals surface area contributed by atoms with Crippen molar-refractivity contribution in [3.8, 4) is 0 Å². The number of pyridine rings is 1. The number of rotatable bonds is 4. The summed E-state index contributed by atoms with van der Waals surface area (Å²) in [6, 6.07) is 4.95. The van der Waals surface area contributed by atoms with Crippen molar-refractivity contribution in [3.63, 3.8) is 0 Å². The molecule has 6 heteroatoms. The van der Waals surface area contributed by atoms with Crippen LogP contribution in [0.25, 0.3) is 11.0 Å². The minimum atomic E-state index is 0.561. The number of aromatic nitrogens is 3. The van der Waals surface area contributed by atoms with Gasteiger partial charge in [-0.2, -0.15) is 5.10 Å². The van der Waals surface area contributed by atoms with Crippen LogP contribution >= 0.6 is 0 Å². The van der Waals surface area contributed by atoms with Crippen LogP contribution < -0.4 is 15.5 Å². The molecule has 4 rings (SSSR count). The average molecular weight is 328 g/mol. The molecule has 2 fully saturated rings. The van der Waals surface area contributed by atoms with Gasteiger partial charge in [-0.3, -0.25) is 4.68 Å². The number of nitrogens with one attached hydrogen (secondary N) is 2. The Balaban J connectivity index is 1.54. The Labute approximate surface area is 143 Å². The van der Waals surface area contributed by atoms with Crippen LogP contribution in [-0.2, 0) is 13.6 Å². The summed E-state index contributed by atoms with van der Waals surface area (Å²) in [6.45, 7) is 5.23. The SMILES string of the molecule is Cn1nc(CN[C@H]2CCNC2)c2ccc(N3CCCCCC3)nc21. The van der Waals surface area contributed by atoms with Crippen LogP contribution in [0.1, 0.15) is 37.8 Å². The van der Waals surface area contributed by atoms with E-state index in [2.05, 4.69) is 27.7 Å². The molecule has 0 saturated carbocycles. The standard InChI is InChI=1S/C18H28N6/c1-23-18-15(16(22-23)13-20-14-8-9-19-12-14)6-7-17(21-18)24-10-4-2-3-5-11-24/h6-7,14,19-20H,2-5,8-13H2,1H3/t14-/m0/s1. The van der Waals surface area contributed by atoms with Crippen molar-refractivity contribution in [3.05, 3.63) is 17.8 Å². The van der Waals surface area contributed by atoms with Crippen LogP contribution in [0.2, 0.25) is 0 Å². The second kappa shape index (κ2) is 7.07. The lowest BCUT2D eigenvalue weighted by Crippen LogP contribution is -2.30. The van der Waals surface area contributed by atoms with Gasteiger partial charge in [0.1, 0.15) is 5.82 Å². The molecule has 2 N–H and O–H groups in total. The zero-order chi connectivity index (χ0) is 16.4. The number of fused-ring (bicyclic) bond motifs is 1. The van der Waals surface area contributed by atoms with Crippen LogP contribution in [0.4, 0.5) is 5.82 Å². The van der Waals surface area contributed by atoms with Crippen molar-refractivity contribution in [1.82, 2.24) is 25.4 Å². The van der Waals surface area contributed by atoms with Gasteiger partial charge < -0.3 is 15.5 Å². The minimum absolute atomic E-state index is 0.561. The highest BCUT2D eigenvalue weighted by Crippen LogP contribution is 2.23. The van der Waals surface area contributed by atoms with Crippen molar-refractivity contribution in [2.75, 3.05) is 31.1 Å². The summed E-state index contributed by atoms with van der Waals surface area (Å²) in [4.78, 5) is 7.36. The Bertz CT molecular complexity index is 680. The molecule has 0 spiro atoms. The maximum atomic E-state index is 4.93. The summed E-state index contributed by atoms with van der Waals surface area (Å²) in [5, 5.41) is 12.9. The summed E-state index contributed by atoms with van der Waals surface area (Å²) in [5.41, 5.74) is 2.10. The van der Waals surface area contributed by atoms with Crippen LogP contribution in [0.3, 0.4) is 0 Å². The van der Waals surface area contributed by atoms with Gasteiger partial charge in [0.15, 0.2) is 5.65 Å². The normalized spacial score (nSPS) is 22.2. The molecule has 2 aromatic rings. The molecule has 0 bridgehead atoms. The smallest absolute Gasteiger partial charge is 0.160 e. The Morgan fingerprint density at radius 1 is 1.21 bits per heavy atom. The van der Waals surface area contributed by atoms with Crippen molar-refractivity contribution in [2.45, 2.75) is 44.7 Å². The van der Waals surface area contributed by atoms with E-state index in [1.807, 2.05) is 11.7 Å². The van der Waals surface area contributed by atoms with Gasteiger partial charge in [0.05, 0.1) is 5.69 Å². The van der Waals surface area contributed by atoms with Crippen molar-refractivity contribution in [2.24, 2.45) is 7.05 Å². The molecule has 2 saturated heterocycles. The maximum Gasteiger partial charge on any atom is 0.160 e. The zero-order valence-corrected chi connectivity index (χ0v) is 14.6. The van der Waals surface area contributed by atoms with E-state index in [0.29, 0.717) is 6.04 Å². The van der Waals surface area contributed by atoms with Gasteiger partial charge in [-0.25, -0.2) is 4.98 Å². The van der Waals surface area contributed by atoms with Crippen molar-refractivity contribution < 1.29 is 0 Å². The number of aryl methyl sites for hydroxylation is 1. The Morgan fingerprint density at radius 2 is 2.04 bits per heavy atom. The highest BCUT2D eigenvalue weighted by atomic mass is 15.3. The fourth-order valence-corrected chi connectivity index (χ4v) is 3.87. The summed E-state index contributed by atoms with van der Waals surface area (Å²) >= 11 is 0. The lowest BCUT2D eigenvalue weighted by Gasteiger charge is -2.21. The van der Waals surface area contributed by atoms with E-state index in [1.54, 1.807) is 0 Å². The third-order valence-electron chi connectivity index (χ3n) is 5.30. The van der Waals surface area contributed by atoms with Gasteiger partial charge in [0, 0.05) is 44.7 Å². The molecule has 2 aromatic heterocycles. The molecule has 2 aliphatic heterocycles. The first-order valence-electron chi connectivity index (χ1n) is 9.33. The molecule has 0 unspecified atom stereocenters. The lowest BCUT2D eigenvalue weighted by atomic mass is 10.2. The summed E-state index contributed by atoms with van der Waals surface area (Å²) in [7, 11) is 2.00. The molecule has 4 heterocycles. The number of nitrogens with zero attached hydrogens (tertiary/aromatic N) is 4. The van der Waals surface area contributed by atoms with Crippen LogP contribution in [0.15, 0.2) is 12.1 Å². The number of hydrogen-bond acceptors (Lipinski definition) is 5. The first kappa shape index (κ1) is 15.8. The van der Waals surface area contributed by atoms with Crippen molar-refractivity contribution in [1.29, 1.82) is 0 Å². The largest absolute Gasteiger partial charge is 0.357 e. The van der Waals surface area contributed by atoms with E-state index in [1.165, 1.54) is 37.5 Å². The topological polar surface area (TPSA) is 58.0 Å². The molecule has 0 aromatic carbocycles. The van der Waals surface area contributed by atoms with E-state index >= 15 is 0 Å². The molecule has 24 heavy (non-hydrogen) atoms. The maximum absolute atomic E-state index is 4.93. The predicted octanol–water partition coefficient (Wildman–Crippen LogP) is 1.80. The van der Waals surface area contributed by atoms with E-state index in [0.717, 1.165) is 49.9 Å². The molecule has 1 atom stereocenters. The molecule has 6 nitrogen and oxygen atoms in total. The van der Waals surface area contributed by atoms with Gasteiger partial charge in [-0.05, 0) is 37.9 Å². The quantitative estimate of drug-likeness (QED) is 0.896. The predicted molar refractivity (Wildman–Crippen MR) is 97.3 cm³/mol. The van der Waals surface area contributed by atoms with Gasteiger partial charge in [-0.1, -0.05) is 12.8 Å². The van der Waals surface area contributed by atoms with Crippen LogP contribution in [0.5, 0.6) is 0 Å². The Kier molecular flexibility index (Phi) is 4.67. The average Bonchev–Trinajstić information content (AvgIpc) is 3.12. The molecule has 2 aliphatic rings. The highest BCUT2D eigenvalue weighted by molar-refractivity contribution is 5.80. The molecule has 0 amide bonds. The third-order valence-corrected chi connectivity index (χ3v) is 5.30. The Morgan fingerprint density at radius 3 is 2.79 bits per heavy atom. The number of hydrogen-bond donors (Lipinski definition) is 2. The van der Waals surface area contributed by atoms with E-state index in [-0.39, 0.29) is 0 Å². The van der Waals surface area contributed by atoms with E-state index in [9.17, 15) is 0 Å².